The molecule has 0 aliphatic heterocycles. The number of hydrogen-bond donors (Lipinski definition) is 1. The molecule has 0 aliphatic rings. The summed E-state index contributed by atoms with van der Waals surface area (Å²) in [7, 11) is 1.99. The van der Waals surface area contributed by atoms with Gasteiger partial charge in [-0.2, -0.15) is 11.8 Å². The van der Waals surface area contributed by atoms with Crippen LogP contribution in [0, 0.1) is 0 Å². The second-order valence-corrected chi connectivity index (χ2v) is 7.50. The van der Waals surface area contributed by atoms with Crippen LogP contribution < -0.4 is 5.32 Å². The van der Waals surface area contributed by atoms with Crippen LogP contribution in [0.2, 0.25) is 0 Å². The summed E-state index contributed by atoms with van der Waals surface area (Å²) < 4.78 is 5.45. The molecule has 0 spiro atoms. The summed E-state index contributed by atoms with van der Waals surface area (Å²) in [6.45, 7) is 3.93. The average molecular weight is 346 g/mol. The summed E-state index contributed by atoms with van der Waals surface area (Å²) in [5.41, 5.74) is 0. The fourth-order valence-electron chi connectivity index (χ4n) is 2.60. The van der Waals surface area contributed by atoms with E-state index in [1.165, 1.54) is 57.8 Å². The minimum Gasteiger partial charge on any atom is -0.464 e. The molecule has 3 nitrogen and oxygen atoms in total. The minimum absolute atomic E-state index is 0.00902. The van der Waals surface area contributed by atoms with Crippen LogP contribution in [-0.2, 0) is 9.53 Å². The number of esters is 1. The highest BCUT2D eigenvalue weighted by molar-refractivity contribution is 7.99. The van der Waals surface area contributed by atoms with E-state index >= 15 is 0 Å². The number of unbranched alkanes of at least 4 members (excludes halogenated alkanes) is 8. The number of nitrogens with one attached hydrogen (secondary N) is 1. The van der Waals surface area contributed by atoms with E-state index < -0.39 is 0 Å². The molecule has 0 amide bonds. The Balaban J connectivity index is 3.49. The predicted octanol–water partition coefficient (Wildman–Crippen LogP) is 5.18. The zero-order chi connectivity index (χ0) is 17.2. The van der Waals surface area contributed by atoms with Crippen molar-refractivity contribution in [1.82, 2.24) is 5.32 Å². The van der Waals surface area contributed by atoms with Crippen molar-refractivity contribution < 1.29 is 9.53 Å². The molecule has 0 fully saturated rings. The smallest absolute Gasteiger partial charge is 0.305 e. The molecular formula is C19H39NO2S. The Kier molecular flexibility index (Phi) is 18.0. The highest BCUT2D eigenvalue weighted by Gasteiger charge is 2.10. The highest BCUT2D eigenvalue weighted by Crippen LogP contribution is 2.17. The number of carbonyl (C=O) groups excluding carboxylic acids is 1. The molecule has 0 saturated carbocycles. The molecule has 0 aromatic carbocycles. The zero-order valence-corrected chi connectivity index (χ0v) is 16.5. The van der Waals surface area contributed by atoms with Gasteiger partial charge in [-0.25, -0.2) is 0 Å². The van der Waals surface area contributed by atoms with E-state index in [4.69, 9.17) is 4.74 Å². The van der Waals surface area contributed by atoms with Crippen molar-refractivity contribution in [3.05, 3.63) is 0 Å². The zero-order valence-electron chi connectivity index (χ0n) is 15.7. The lowest BCUT2D eigenvalue weighted by molar-refractivity contribution is -0.143. The SMILES string of the molecule is CCCCCCCC(COC(=O)CCCCCCCNC)SC. The van der Waals surface area contributed by atoms with E-state index in [0.717, 1.165) is 19.4 Å². The molecule has 0 radical (unpaired) electrons. The van der Waals surface area contributed by atoms with Crippen molar-refractivity contribution in [2.75, 3.05) is 26.5 Å². The Hall–Kier alpha value is -0.220. The lowest BCUT2D eigenvalue weighted by Crippen LogP contribution is -2.16. The van der Waals surface area contributed by atoms with Crippen LogP contribution in [0.25, 0.3) is 0 Å². The van der Waals surface area contributed by atoms with Gasteiger partial charge in [0, 0.05) is 11.7 Å². The Morgan fingerprint density at radius 3 is 2.35 bits per heavy atom. The van der Waals surface area contributed by atoms with Gasteiger partial charge in [0.2, 0.25) is 0 Å². The van der Waals surface area contributed by atoms with Crippen LogP contribution in [0.15, 0.2) is 0 Å². The Labute approximate surface area is 148 Å². The second-order valence-electron chi connectivity index (χ2n) is 6.36. The summed E-state index contributed by atoms with van der Waals surface area (Å²) >= 11 is 1.83. The lowest BCUT2D eigenvalue weighted by Gasteiger charge is -2.14. The fraction of sp³-hybridized carbons (Fsp3) is 0.947. The maximum absolute atomic E-state index is 11.8. The molecule has 1 atom stereocenters. The molecule has 1 N–H and O–H groups in total. The van der Waals surface area contributed by atoms with Crippen molar-refractivity contribution in [1.29, 1.82) is 0 Å². The number of rotatable bonds is 17. The van der Waals surface area contributed by atoms with Gasteiger partial charge < -0.3 is 10.1 Å². The summed E-state index contributed by atoms with van der Waals surface area (Å²) in [6, 6.07) is 0. The maximum Gasteiger partial charge on any atom is 0.305 e. The second kappa shape index (κ2) is 18.1. The van der Waals surface area contributed by atoms with E-state index in [2.05, 4.69) is 18.5 Å². The summed E-state index contributed by atoms with van der Waals surface area (Å²) in [6.07, 6.45) is 16.2. The van der Waals surface area contributed by atoms with Gasteiger partial charge in [-0.15, -0.1) is 0 Å². The van der Waals surface area contributed by atoms with Crippen LogP contribution in [-0.4, -0.2) is 37.7 Å². The quantitative estimate of drug-likeness (QED) is 0.291. The highest BCUT2D eigenvalue weighted by atomic mass is 32.2. The fourth-order valence-corrected chi connectivity index (χ4v) is 3.21. The van der Waals surface area contributed by atoms with Crippen molar-refractivity contribution in [2.45, 2.75) is 89.2 Å². The van der Waals surface area contributed by atoms with E-state index in [9.17, 15) is 4.79 Å². The molecule has 0 rings (SSSR count). The average Bonchev–Trinajstić information content (AvgIpc) is 2.56. The first kappa shape index (κ1) is 22.8. The molecule has 0 aliphatic carbocycles. The summed E-state index contributed by atoms with van der Waals surface area (Å²) in [4.78, 5) is 11.8. The first-order chi connectivity index (χ1) is 11.2. The Bertz CT molecular complexity index is 262. The molecule has 138 valence electrons. The Morgan fingerprint density at radius 1 is 1.00 bits per heavy atom. The number of ether oxygens (including phenoxy) is 1. The molecular weight excluding hydrogens is 306 g/mol. The Morgan fingerprint density at radius 2 is 1.65 bits per heavy atom. The van der Waals surface area contributed by atoms with E-state index in [-0.39, 0.29) is 5.97 Å². The van der Waals surface area contributed by atoms with Gasteiger partial charge in [-0.05, 0) is 39.1 Å². The van der Waals surface area contributed by atoms with Gasteiger partial charge in [0.05, 0.1) is 0 Å². The normalized spacial score (nSPS) is 12.3. The van der Waals surface area contributed by atoms with Gasteiger partial charge in [0.15, 0.2) is 0 Å². The van der Waals surface area contributed by atoms with Crippen molar-refractivity contribution in [2.24, 2.45) is 0 Å². The van der Waals surface area contributed by atoms with Crippen LogP contribution >= 0.6 is 11.8 Å². The number of hydrogen-bond acceptors (Lipinski definition) is 4. The lowest BCUT2D eigenvalue weighted by atomic mass is 10.1. The van der Waals surface area contributed by atoms with Gasteiger partial charge in [0.1, 0.15) is 6.61 Å². The summed E-state index contributed by atoms with van der Waals surface area (Å²) in [5, 5.41) is 3.63. The molecule has 0 aromatic rings. The number of thioether (sulfide) groups is 1. The minimum atomic E-state index is -0.00902. The van der Waals surface area contributed by atoms with Gasteiger partial charge in [-0.3, -0.25) is 4.79 Å². The standard InChI is InChI=1S/C19H39NO2S/c1-4-5-6-8-11-14-18(23-3)17-22-19(21)15-12-9-7-10-13-16-20-2/h18,20H,4-17H2,1-3H3. The monoisotopic (exact) mass is 345 g/mol. The molecule has 0 heterocycles. The molecule has 0 bridgehead atoms. The molecule has 1 unspecified atom stereocenters. The first-order valence-corrected chi connectivity index (χ1v) is 10.9. The predicted molar refractivity (Wildman–Crippen MR) is 103 cm³/mol. The third-order valence-electron chi connectivity index (χ3n) is 4.20. The first-order valence-electron chi connectivity index (χ1n) is 9.57. The third-order valence-corrected chi connectivity index (χ3v) is 5.24. The van der Waals surface area contributed by atoms with Crippen molar-refractivity contribution in [3.8, 4) is 0 Å². The number of carbonyl (C=O) groups is 1. The molecule has 0 aromatic heterocycles. The van der Waals surface area contributed by atoms with Crippen LogP contribution in [0.4, 0.5) is 0 Å². The maximum atomic E-state index is 11.8. The van der Waals surface area contributed by atoms with Crippen LogP contribution in [0.3, 0.4) is 0 Å². The molecule has 4 heteroatoms. The van der Waals surface area contributed by atoms with Crippen LogP contribution in [0.1, 0.15) is 84.0 Å². The van der Waals surface area contributed by atoms with E-state index in [0.29, 0.717) is 18.3 Å². The van der Waals surface area contributed by atoms with Crippen molar-refractivity contribution in [3.63, 3.8) is 0 Å². The van der Waals surface area contributed by atoms with E-state index in [1.807, 2.05) is 18.8 Å². The topological polar surface area (TPSA) is 38.3 Å². The third kappa shape index (κ3) is 16.4. The van der Waals surface area contributed by atoms with Gasteiger partial charge in [-0.1, -0.05) is 58.3 Å². The largest absolute Gasteiger partial charge is 0.464 e. The van der Waals surface area contributed by atoms with Gasteiger partial charge in [0.25, 0.3) is 0 Å². The van der Waals surface area contributed by atoms with Crippen molar-refractivity contribution >= 4 is 17.7 Å². The van der Waals surface area contributed by atoms with Crippen LogP contribution in [0.5, 0.6) is 0 Å². The molecule has 23 heavy (non-hydrogen) atoms. The van der Waals surface area contributed by atoms with Gasteiger partial charge >= 0.3 is 5.97 Å². The molecule has 0 saturated heterocycles. The summed E-state index contributed by atoms with van der Waals surface area (Å²) in [5.74, 6) is -0.00902. The van der Waals surface area contributed by atoms with E-state index in [1.54, 1.807) is 0 Å².